The van der Waals surface area contributed by atoms with E-state index in [0.717, 1.165) is 23.6 Å². The number of carbonyl (C=O) groups is 2. The second-order valence-electron chi connectivity index (χ2n) is 6.50. The zero-order valence-corrected chi connectivity index (χ0v) is 14.9. The van der Waals surface area contributed by atoms with Gasteiger partial charge in [0.2, 0.25) is 5.91 Å². The van der Waals surface area contributed by atoms with Gasteiger partial charge in [-0.3, -0.25) is 9.59 Å². The molecule has 1 saturated heterocycles. The summed E-state index contributed by atoms with van der Waals surface area (Å²) in [5, 5.41) is 0.118. The van der Waals surface area contributed by atoms with Gasteiger partial charge in [0.05, 0.1) is 6.61 Å². The summed E-state index contributed by atoms with van der Waals surface area (Å²) in [6.07, 6.45) is 0.551. The highest BCUT2D eigenvalue weighted by Crippen LogP contribution is 2.24. The van der Waals surface area contributed by atoms with Crippen LogP contribution in [0.25, 0.3) is 0 Å². The first-order valence-corrected chi connectivity index (χ1v) is 9.05. The second kappa shape index (κ2) is 8.39. The summed E-state index contributed by atoms with van der Waals surface area (Å²) in [5.74, 6) is 2.57. The molecule has 1 fully saturated rings. The zero-order valence-electron chi connectivity index (χ0n) is 14.1. The lowest BCUT2D eigenvalue weighted by molar-refractivity contribution is -0.128. The van der Waals surface area contributed by atoms with Crippen LogP contribution in [0.4, 0.5) is 0 Å². The summed E-state index contributed by atoms with van der Waals surface area (Å²) in [6.45, 7) is 7.89. The maximum Gasteiger partial charge on any atom is 0.223 e. The highest BCUT2D eigenvalue weighted by Gasteiger charge is 2.29. The number of hydrogen-bond donors (Lipinski definition) is 0. The fourth-order valence-electron chi connectivity index (χ4n) is 2.53. The van der Waals surface area contributed by atoms with E-state index in [1.165, 1.54) is 11.8 Å². The second-order valence-corrected chi connectivity index (χ2v) is 7.69. The summed E-state index contributed by atoms with van der Waals surface area (Å²) >= 11 is 1.31. The normalized spacial score (nSPS) is 17.8. The number of ether oxygens (including phenoxy) is 1. The number of benzene rings is 1. The Morgan fingerprint density at radius 3 is 2.65 bits per heavy atom. The van der Waals surface area contributed by atoms with Crippen LogP contribution in [0.2, 0.25) is 0 Å². The van der Waals surface area contributed by atoms with E-state index in [-0.39, 0.29) is 16.9 Å². The van der Waals surface area contributed by atoms with Gasteiger partial charge in [-0.15, -0.1) is 0 Å². The molecule has 0 aliphatic carbocycles. The highest BCUT2D eigenvalue weighted by atomic mass is 32.2. The summed E-state index contributed by atoms with van der Waals surface area (Å²) in [4.78, 5) is 25.0. The molecule has 2 rings (SSSR count). The average molecular weight is 335 g/mol. The van der Waals surface area contributed by atoms with E-state index in [4.69, 9.17) is 4.74 Å². The molecule has 1 aromatic rings. The standard InChI is InChI=1S/C18H25NO3S/c1-13(2)11-22-17-6-4-15(5-7-17)9-19-10-16(8-18(19)21)12-23-14(3)20/h4-7,13,16H,8-12H2,1-3H3. The van der Waals surface area contributed by atoms with Crippen LogP contribution in [0.15, 0.2) is 24.3 Å². The van der Waals surface area contributed by atoms with Crippen molar-refractivity contribution in [2.24, 2.45) is 11.8 Å². The monoisotopic (exact) mass is 335 g/mol. The Morgan fingerprint density at radius 1 is 1.35 bits per heavy atom. The molecule has 1 aliphatic heterocycles. The molecular formula is C18H25NO3S. The third kappa shape index (κ3) is 5.90. The highest BCUT2D eigenvalue weighted by molar-refractivity contribution is 8.13. The van der Waals surface area contributed by atoms with Crippen LogP contribution in [0, 0.1) is 11.8 Å². The Labute approximate surface area is 142 Å². The van der Waals surface area contributed by atoms with Gasteiger partial charge in [-0.25, -0.2) is 0 Å². The van der Waals surface area contributed by atoms with Crippen LogP contribution < -0.4 is 4.74 Å². The molecule has 4 nitrogen and oxygen atoms in total. The van der Waals surface area contributed by atoms with E-state index in [2.05, 4.69) is 13.8 Å². The van der Waals surface area contributed by atoms with Crippen molar-refractivity contribution in [1.29, 1.82) is 0 Å². The van der Waals surface area contributed by atoms with Gasteiger partial charge in [0.1, 0.15) is 5.75 Å². The Kier molecular flexibility index (Phi) is 6.51. The number of rotatable bonds is 7. The van der Waals surface area contributed by atoms with Gasteiger partial charge in [0, 0.05) is 32.2 Å². The zero-order chi connectivity index (χ0) is 16.8. The lowest BCUT2D eigenvalue weighted by atomic mass is 10.1. The molecule has 1 aliphatic rings. The minimum Gasteiger partial charge on any atom is -0.493 e. The predicted molar refractivity (Wildman–Crippen MR) is 93.4 cm³/mol. The molecule has 0 radical (unpaired) electrons. The molecule has 5 heteroatoms. The SMILES string of the molecule is CC(=O)SCC1CC(=O)N(Cc2ccc(OCC(C)C)cc2)C1. The van der Waals surface area contributed by atoms with Crippen molar-refractivity contribution in [2.45, 2.75) is 33.7 Å². The third-order valence-corrected chi connectivity index (χ3v) is 4.74. The van der Waals surface area contributed by atoms with Crippen molar-refractivity contribution in [1.82, 2.24) is 4.90 Å². The van der Waals surface area contributed by atoms with Crippen molar-refractivity contribution in [3.05, 3.63) is 29.8 Å². The predicted octanol–water partition coefficient (Wildman–Crippen LogP) is 3.35. The summed E-state index contributed by atoms with van der Waals surface area (Å²) in [5.41, 5.74) is 1.11. The van der Waals surface area contributed by atoms with Gasteiger partial charge < -0.3 is 9.64 Å². The van der Waals surface area contributed by atoms with Gasteiger partial charge in [-0.1, -0.05) is 37.7 Å². The molecule has 0 aromatic heterocycles. The van der Waals surface area contributed by atoms with Gasteiger partial charge >= 0.3 is 0 Å². The first-order chi connectivity index (χ1) is 10.9. The lowest BCUT2D eigenvalue weighted by Gasteiger charge is -2.17. The van der Waals surface area contributed by atoms with E-state index in [0.29, 0.717) is 25.5 Å². The van der Waals surface area contributed by atoms with Crippen LogP contribution in [0.5, 0.6) is 5.75 Å². The Morgan fingerprint density at radius 2 is 2.04 bits per heavy atom. The number of thioether (sulfide) groups is 1. The maximum absolute atomic E-state index is 12.1. The quantitative estimate of drug-likeness (QED) is 0.767. The topological polar surface area (TPSA) is 46.6 Å². The Bertz CT molecular complexity index is 542. The van der Waals surface area contributed by atoms with Crippen LogP contribution in [0.1, 0.15) is 32.8 Å². The molecule has 23 heavy (non-hydrogen) atoms. The number of carbonyl (C=O) groups excluding carboxylic acids is 2. The van der Waals surface area contributed by atoms with E-state index >= 15 is 0 Å². The number of nitrogens with zero attached hydrogens (tertiary/aromatic N) is 1. The summed E-state index contributed by atoms with van der Waals surface area (Å²) < 4.78 is 5.67. The van der Waals surface area contributed by atoms with Crippen molar-refractivity contribution < 1.29 is 14.3 Å². The fourth-order valence-corrected chi connectivity index (χ4v) is 3.22. The number of hydrogen-bond acceptors (Lipinski definition) is 4. The number of likely N-dealkylation sites (tertiary alicyclic amines) is 1. The molecule has 0 bridgehead atoms. The van der Waals surface area contributed by atoms with Crippen molar-refractivity contribution in [2.75, 3.05) is 18.9 Å². The molecule has 0 saturated carbocycles. The van der Waals surface area contributed by atoms with Gasteiger partial charge in [0.25, 0.3) is 0 Å². The van der Waals surface area contributed by atoms with E-state index < -0.39 is 0 Å². The van der Waals surface area contributed by atoms with Crippen LogP contribution in [-0.4, -0.2) is 34.8 Å². The van der Waals surface area contributed by atoms with Crippen LogP contribution >= 0.6 is 11.8 Å². The Hall–Kier alpha value is -1.49. The maximum atomic E-state index is 12.1. The van der Waals surface area contributed by atoms with E-state index in [1.54, 1.807) is 6.92 Å². The molecular weight excluding hydrogens is 310 g/mol. The largest absolute Gasteiger partial charge is 0.493 e. The lowest BCUT2D eigenvalue weighted by Crippen LogP contribution is -2.24. The first-order valence-electron chi connectivity index (χ1n) is 8.07. The van der Waals surface area contributed by atoms with Crippen LogP contribution in [-0.2, 0) is 16.1 Å². The molecule has 1 heterocycles. The minimum atomic E-state index is 0.118. The summed E-state index contributed by atoms with van der Waals surface area (Å²) in [6, 6.07) is 7.95. The van der Waals surface area contributed by atoms with Crippen LogP contribution in [0.3, 0.4) is 0 Å². The first kappa shape index (κ1) is 17.9. The van der Waals surface area contributed by atoms with E-state index in [1.807, 2.05) is 29.2 Å². The van der Waals surface area contributed by atoms with Crippen molar-refractivity contribution in [3.8, 4) is 5.75 Å². The molecule has 0 spiro atoms. The van der Waals surface area contributed by atoms with E-state index in [9.17, 15) is 9.59 Å². The molecule has 1 atom stereocenters. The molecule has 1 unspecified atom stereocenters. The average Bonchev–Trinajstić information content (AvgIpc) is 2.84. The smallest absolute Gasteiger partial charge is 0.223 e. The molecule has 126 valence electrons. The van der Waals surface area contributed by atoms with Gasteiger partial charge in [-0.05, 0) is 29.5 Å². The minimum absolute atomic E-state index is 0.118. The molecule has 0 N–H and O–H groups in total. The van der Waals surface area contributed by atoms with Gasteiger partial charge in [0.15, 0.2) is 5.12 Å². The Balaban J connectivity index is 1.84. The molecule has 1 amide bonds. The third-order valence-electron chi connectivity index (χ3n) is 3.70. The fraction of sp³-hybridized carbons (Fsp3) is 0.556. The molecule has 1 aromatic carbocycles. The van der Waals surface area contributed by atoms with Crippen molar-refractivity contribution in [3.63, 3.8) is 0 Å². The van der Waals surface area contributed by atoms with Crippen molar-refractivity contribution >= 4 is 22.8 Å². The summed E-state index contributed by atoms with van der Waals surface area (Å²) in [7, 11) is 0. The van der Waals surface area contributed by atoms with Gasteiger partial charge in [-0.2, -0.15) is 0 Å². The number of amides is 1.